The largest absolute Gasteiger partial charge is 0.471 e. The number of nitrogens with one attached hydrogen (secondary N) is 1. The smallest absolute Gasteiger partial charge is 0.256 e. The Morgan fingerprint density at radius 1 is 1.14 bits per heavy atom. The lowest BCUT2D eigenvalue weighted by atomic mass is 10.1. The number of hydrogen-bond donors (Lipinski definition) is 1. The van der Waals surface area contributed by atoms with Crippen molar-refractivity contribution < 1.29 is 13.2 Å². The molecular weight excluding hydrogens is 342 g/mol. The van der Waals surface area contributed by atoms with Crippen molar-refractivity contribution in [3.05, 3.63) is 0 Å². The summed E-state index contributed by atoms with van der Waals surface area (Å²) in [5.41, 5.74) is 0. The number of unbranched alkanes of at least 4 members (excludes halogenated alkanes) is 7. The maximum Gasteiger partial charge on any atom is 0.256 e. The molecule has 0 aliphatic carbocycles. The van der Waals surface area contributed by atoms with Crippen molar-refractivity contribution in [2.45, 2.75) is 69.7 Å². The van der Waals surface area contributed by atoms with Gasteiger partial charge in [0.1, 0.15) is 0 Å². The summed E-state index contributed by atoms with van der Waals surface area (Å²) in [4.78, 5) is 0. The molecule has 130 valence electrons. The summed E-state index contributed by atoms with van der Waals surface area (Å²) in [5.74, 6) is 0.0370. The summed E-state index contributed by atoms with van der Waals surface area (Å²) in [5, 5.41) is 2.73. The van der Waals surface area contributed by atoms with Gasteiger partial charge in [-0.1, -0.05) is 51.9 Å². The summed E-state index contributed by atoms with van der Waals surface area (Å²) in [7, 11) is -3.04. The van der Waals surface area contributed by atoms with E-state index in [1.165, 1.54) is 38.5 Å². The van der Waals surface area contributed by atoms with Crippen LogP contribution in [0.3, 0.4) is 0 Å². The van der Waals surface area contributed by atoms with Crippen LogP contribution >= 0.6 is 23.8 Å². The van der Waals surface area contributed by atoms with Crippen molar-refractivity contribution in [3.8, 4) is 0 Å². The molecule has 0 aromatic carbocycles. The van der Waals surface area contributed by atoms with Crippen LogP contribution in [0.25, 0.3) is 0 Å². The molecule has 0 aromatic rings. The first-order valence-corrected chi connectivity index (χ1v) is 10.9. The Morgan fingerprint density at radius 2 is 1.73 bits per heavy atom. The van der Waals surface area contributed by atoms with Crippen molar-refractivity contribution in [3.63, 3.8) is 0 Å². The van der Waals surface area contributed by atoms with Crippen molar-refractivity contribution in [1.29, 1.82) is 0 Å². The molecule has 0 radical (unpaired) electrons. The molecule has 1 saturated heterocycles. The van der Waals surface area contributed by atoms with E-state index in [0.29, 0.717) is 6.61 Å². The van der Waals surface area contributed by atoms with Gasteiger partial charge < -0.3 is 10.1 Å². The lowest BCUT2D eigenvalue weighted by Gasteiger charge is -2.16. The highest BCUT2D eigenvalue weighted by Crippen LogP contribution is 2.18. The van der Waals surface area contributed by atoms with E-state index in [4.69, 9.17) is 28.6 Å². The van der Waals surface area contributed by atoms with Gasteiger partial charge in [-0.3, -0.25) is 0 Å². The molecule has 0 spiro atoms. The van der Waals surface area contributed by atoms with E-state index < -0.39 is 15.2 Å². The van der Waals surface area contributed by atoms with Crippen molar-refractivity contribution in [2.75, 3.05) is 18.1 Å². The summed E-state index contributed by atoms with van der Waals surface area (Å²) in [6, 6.07) is -0.335. The van der Waals surface area contributed by atoms with Crippen LogP contribution in [0.4, 0.5) is 0 Å². The highest BCUT2D eigenvalue weighted by molar-refractivity contribution is 7.91. The molecule has 1 heterocycles. The molecule has 1 aliphatic heterocycles. The van der Waals surface area contributed by atoms with Crippen LogP contribution in [0, 0.1) is 0 Å². The van der Waals surface area contributed by atoms with Gasteiger partial charge in [0.15, 0.2) is 9.84 Å². The fourth-order valence-corrected chi connectivity index (χ4v) is 5.32. The Bertz CT molecular complexity index is 429. The third-order valence-corrected chi connectivity index (χ3v) is 6.43. The van der Waals surface area contributed by atoms with Crippen molar-refractivity contribution in [1.82, 2.24) is 5.32 Å². The maximum absolute atomic E-state index is 11.5. The number of thiocarbonyl (C=S) groups is 1. The standard InChI is InChI=1S/C15H28ClNO3S2/c1-2-3-4-5-6-7-8-9-10-20-15(21)17-14-12-22(18,19)11-13(14)16/h13-14H,2-12H2,1H3,(H,17,21). The molecule has 2 atom stereocenters. The second kappa shape index (κ2) is 10.7. The molecular formula is C15H28ClNO3S2. The van der Waals surface area contributed by atoms with Gasteiger partial charge in [-0.15, -0.1) is 11.6 Å². The van der Waals surface area contributed by atoms with Gasteiger partial charge in [0.25, 0.3) is 5.17 Å². The minimum Gasteiger partial charge on any atom is -0.471 e. The zero-order valence-corrected chi connectivity index (χ0v) is 15.7. The first-order valence-electron chi connectivity index (χ1n) is 8.22. The number of halogens is 1. The van der Waals surface area contributed by atoms with Crippen LogP contribution in [0.2, 0.25) is 0 Å². The van der Waals surface area contributed by atoms with E-state index in [2.05, 4.69) is 12.2 Å². The van der Waals surface area contributed by atoms with E-state index >= 15 is 0 Å². The number of alkyl halides is 1. The van der Waals surface area contributed by atoms with Crippen LogP contribution in [-0.4, -0.2) is 43.1 Å². The number of sulfone groups is 1. The predicted octanol–water partition coefficient (Wildman–Crippen LogP) is 3.42. The van der Waals surface area contributed by atoms with Gasteiger partial charge in [0.05, 0.1) is 29.5 Å². The average Bonchev–Trinajstić information content (AvgIpc) is 2.69. The van der Waals surface area contributed by atoms with E-state index in [1.54, 1.807) is 0 Å². The van der Waals surface area contributed by atoms with E-state index in [-0.39, 0.29) is 22.7 Å². The third kappa shape index (κ3) is 8.53. The highest BCUT2D eigenvalue weighted by Gasteiger charge is 2.36. The molecule has 4 nitrogen and oxygen atoms in total. The Hall–Kier alpha value is -0.0700. The van der Waals surface area contributed by atoms with Crippen LogP contribution in [-0.2, 0) is 14.6 Å². The van der Waals surface area contributed by atoms with Gasteiger partial charge in [-0.05, 0) is 18.6 Å². The lowest BCUT2D eigenvalue weighted by Crippen LogP contribution is -2.40. The molecule has 0 bridgehead atoms. The third-order valence-electron chi connectivity index (χ3n) is 3.82. The Morgan fingerprint density at radius 3 is 2.27 bits per heavy atom. The minimum atomic E-state index is -3.04. The molecule has 0 amide bonds. The van der Waals surface area contributed by atoms with Gasteiger partial charge in [-0.25, -0.2) is 8.42 Å². The van der Waals surface area contributed by atoms with E-state index in [9.17, 15) is 8.42 Å². The van der Waals surface area contributed by atoms with Crippen LogP contribution in [0.1, 0.15) is 58.3 Å². The topological polar surface area (TPSA) is 55.4 Å². The van der Waals surface area contributed by atoms with E-state index in [0.717, 1.165) is 12.8 Å². The molecule has 2 unspecified atom stereocenters. The second-order valence-electron chi connectivity index (χ2n) is 5.95. The molecule has 1 aliphatic rings. The minimum absolute atomic E-state index is 0.00681. The zero-order valence-electron chi connectivity index (χ0n) is 13.4. The Kier molecular flexibility index (Phi) is 9.68. The molecule has 0 saturated carbocycles. The van der Waals surface area contributed by atoms with Gasteiger partial charge in [-0.2, -0.15) is 0 Å². The first-order chi connectivity index (χ1) is 10.4. The number of ether oxygens (including phenoxy) is 1. The van der Waals surface area contributed by atoms with Crippen molar-refractivity contribution in [2.24, 2.45) is 0 Å². The molecule has 1 fully saturated rings. The summed E-state index contributed by atoms with van der Waals surface area (Å²) >= 11 is 11.1. The predicted molar refractivity (Wildman–Crippen MR) is 96.4 cm³/mol. The van der Waals surface area contributed by atoms with E-state index in [1.807, 2.05) is 0 Å². The summed E-state index contributed by atoms with van der Waals surface area (Å²) in [6.45, 7) is 2.80. The summed E-state index contributed by atoms with van der Waals surface area (Å²) < 4.78 is 28.3. The first kappa shape index (κ1) is 20.0. The monoisotopic (exact) mass is 369 g/mol. The van der Waals surface area contributed by atoms with Crippen molar-refractivity contribution >= 4 is 38.8 Å². The fraction of sp³-hybridized carbons (Fsp3) is 0.933. The highest BCUT2D eigenvalue weighted by atomic mass is 35.5. The SMILES string of the molecule is CCCCCCCCCCOC(=S)NC1CS(=O)(=O)CC1Cl. The zero-order chi connectivity index (χ0) is 16.4. The lowest BCUT2D eigenvalue weighted by molar-refractivity contribution is 0.283. The normalized spacial score (nSPS) is 23.4. The number of hydrogen-bond acceptors (Lipinski definition) is 4. The molecule has 1 N–H and O–H groups in total. The molecule has 22 heavy (non-hydrogen) atoms. The molecule has 1 rings (SSSR count). The quantitative estimate of drug-likeness (QED) is 0.363. The average molecular weight is 370 g/mol. The van der Waals surface area contributed by atoms with Crippen LogP contribution < -0.4 is 5.32 Å². The van der Waals surface area contributed by atoms with Crippen LogP contribution in [0.5, 0.6) is 0 Å². The summed E-state index contributed by atoms with van der Waals surface area (Å²) in [6.07, 6.45) is 9.92. The second-order valence-corrected chi connectivity index (χ2v) is 9.04. The van der Waals surface area contributed by atoms with Gasteiger partial charge in [0.2, 0.25) is 0 Å². The maximum atomic E-state index is 11.5. The van der Waals surface area contributed by atoms with Gasteiger partial charge in [0, 0.05) is 0 Å². The fourth-order valence-electron chi connectivity index (χ4n) is 2.53. The Balaban J connectivity index is 2.00. The van der Waals surface area contributed by atoms with Crippen LogP contribution in [0.15, 0.2) is 0 Å². The Labute approximate surface area is 145 Å². The number of rotatable bonds is 10. The van der Waals surface area contributed by atoms with Gasteiger partial charge >= 0.3 is 0 Å². The molecule has 7 heteroatoms. The molecule has 0 aromatic heterocycles.